The van der Waals surface area contributed by atoms with Gasteiger partial charge in [0.2, 0.25) is 0 Å². The maximum Gasteiger partial charge on any atom is 0.253 e. The molecule has 0 saturated carbocycles. The van der Waals surface area contributed by atoms with Gasteiger partial charge in [-0.15, -0.1) is 0 Å². The van der Waals surface area contributed by atoms with E-state index in [1.165, 1.54) is 6.92 Å². The monoisotopic (exact) mass is 311 g/mol. The zero-order chi connectivity index (χ0) is 17.0. The summed E-state index contributed by atoms with van der Waals surface area (Å²) in [5, 5.41) is 6.03. The van der Waals surface area contributed by atoms with Gasteiger partial charge in [-0.2, -0.15) is 0 Å². The largest absolute Gasteiger partial charge is 0.399 e. The molecule has 0 aliphatic rings. The van der Waals surface area contributed by atoms with Crippen LogP contribution in [0.3, 0.4) is 0 Å². The maximum absolute atomic E-state index is 12.3. The predicted octanol–water partition coefficient (Wildman–Crippen LogP) is 3.35. The zero-order valence-electron chi connectivity index (χ0n) is 13.5. The fourth-order valence-electron chi connectivity index (χ4n) is 2.17. The molecule has 5 heteroatoms. The van der Waals surface area contributed by atoms with Gasteiger partial charge in [-0.25, -0.2) is 0 Å². The molecule has 0 aromatic heterocycles. The number of nitrogens with one attached hydrogen (secondary N) is 2. The molecular formula is C18H21N3O2. The average Bonchev–Trinajstić information content (AvgIpc) is 2.48. The fraction of sp³-hybridized carbons (Fsp3) is 0.222. The van der Waals surface area contributed by atoms with E-state index in [1.807, 2.05) is 19.9 Å². The molecule has 0 saturated heterocycles. The van der Waals surface area contributed by atoms with Crippen LogP contribution in [0, 0.1) is 0 Å². The lowest BCUT2D eigenvalue weighted by Gasteiger charge is -2.15. The molecule has 0 fully saturated rings. The lowest BCUT2D eigenvalue weighted by Crippen LogP contribution is -2.30. The first-order valence-electron chi connectivity index (χ1n) is 7.45. The summed E-state index contributed by atoms with van der Waals surface area (Å²) >= 11 is 0. The Hall–Kier alpha value is -2.82. The number of carbonyl (C=O) groups excluding carboxylic acids is 2. The Bertz CT molecular complexity index is 739. The Balaban J connectivity index is 2.34. The van der Waals surface area contributed by atoms with Crippen LogP contribution in [0.1, 0.15) is 41.5 Å². The van der Waals surface area contributed by atoms with E-state index in [4.69, 9.17) is 5.73 Å². The van der Waals surface area contributed by atoms with Crippen molar-refractivity contribution in [2.24, 2.45) is 0 Å². The number of amides is 1. The molecule has 0 atom stereocenters. The molecular weight excluding hydrogens is 290 g/mol. The molecule has 1 amide bonds. The van der Waals surface area contributed by atoms with Gasteiger partial charge in [0.05, 0.1) is 11.3 Å². The molecule has 2 aromatic rings. The van der Waals surface area contributed by atoms with Crippen molar-refractivity contribution in [2.45, 2.75) is 26.8 Å². The van der Waals surface area contributed by atoms with Crippen LogP contribution in [0.4, 0.5) is 17.1 Å². The van der Waals surface area contributed by atoms with E-state index in [1.54, 1.807) is 36.4 Å². The SMILES string of the molecule is CC(=O)c1cccc(Nc2ccc(N)cc2C(=O)NC(C)C)c1. The molecule has 0 aliphatic carbocycles. The van der Waals surface area contributed by atoms with Gasteiger partial charge >= 0.3 is 0 Å². The second kappa shape index (κ2) is 6.96. The van der Waals surface area contributed by atoms with Crippen LogP contribution in [-0.2, 0) is 0 Å². The summed E-state index contributed by atoms with van der Waals surface area (Å²) in [6, 6.07) is 12.3. The van der Waals surface area contributed by atoms with Crippen molar-refractivity contribution in [3.05, 3.63) is 53.6 Å². The third-order valence-corrected chi connectivity index (χ3v) is 3.26. The maximum atomic E-state index is 12.3. The first-order valence-corrected chi connectivity index (χ1v) is 7.45. The van der Waals surface area contributed by atoms with Gasteiger partial charge in [-0.1, -0.05) is 12.1 Å². The van der Waals surface area contributed by atoms with Crippen molar-refractivity contribution in [1.82, 2.24) is 5.32 Å². The quantitative estimate of drug-likeness (QED) is 0.584. The summed E-state index contributed by atoms with van der Waals surface area (Å²) in [6.45, 7) is 5.31. The fourth-order valence-corrected chi connectivity index (χ4v) is 2.17. The highest BCUT2D eigenvalue weighted by atomic mass is 16.1. The molecule has 0 unspecified atom stereocenters. The molecule has 0 radical (unpaired) electrons. The summed E-state index contributed by atoms with van der Waals surface area (Å²) < 4.78 is 0. The van der Waals surface area contributed by atoms with Crippen LogP contribution in [0.2, 0.25) is 0 Å². The Labute approximate surface area is 135 Å². The summed E-state index contributed by atoms with van der Waals surface area (Å²) in [4.78, 5) is 23.8. The number of nitrogens with two attached hydrogens (primary N) is 1. The molecule has 2 aromatic carbocycles. The van der Waals surface area contributed by atoms with Crippen molar-refractivity contribution >= 4 is 28.8 Å². The highest BCUT2D eigenvalue weighted by Gasteiger charge is 2.13. The van der Waals surface area contributed by atoms with Crippen molar-refractivity contribution in [3.63, 3.8) is 0 Å². The molecule has 120 valence electrons. The molecule has 2 rings (SSSR count). The zero-order valence-corrected chi connectivity index (χ0v) is 13.5. The Morgan fingerprint density at radius 2 is 1.83 bits per heavy atom. The number of Topliss-reactive ketones (excluding diaryl/α,β-unsaturated/α-hetero) is 1. The van der Waals surface area contributed by atoms with Gasteiger partial charge in [0, 0.05) is 23.0 Å². The van der Waals surface area contributed by atoms with Crippen molar-refractivity contribution in [2.75, 3.05) is 11.1 Å². The number of hydrogen-bond donors (Lipinski definition) is 3. The summed E-state index contributed by atoms with van der Waals surface area (Å²) in [5.74, 6) is -0.207. The Kier molecular flexibility index (Phi) is 5.01. The van der Waals surface area contributed by atoms with Gasteiger partial charge < -0.3 is 16.4 Å². The van der Waals surface area contributed by atoms with Gasteiger partial charge in [-0.3, -0.25) is 9.59 Å². The van der Waals surface area contributed by atoms with E-state index in [9.17, 15) is 9.59 Å². The third-order valence-electron chi connectivity index (χ3n) is 3.26. The second-order valence-corrected chi connectivity index (χ2v) is 5.70. The summed E-state index contributed by atoms with van der Waals surface area (Å²) in [6.07, 6.45) is 0. The highest BCUT2D eigenvalue weighted by molar-refractivity contribution is 6.01. The molecule has 23 heavy (non-hydrogen) atoms. The highest BCUT2D eigenvalue weighted by Crippen LogP contribution is 2.24. The van der Waals surface area contributed by atoms with Crippen LogP contribution in [0.15, 0.2) is 42.5 Å². The third kappa shape index (κ3) is 4.32. The number of anilines is 3. The smallest absolute Gasteiger partial charge is 0.253 e. The normalized spacial score (nSPS) is 10.4. The summed E-state index contributed by atoms with van der Waals surface area (Å²) in [5.41, 5.74) is 8.77. The van der Waals surface area contributed by atoms with Crippen molar-refractivity contribution < 1.29 is 9.59 Å². The van der Waals surface area contributed by atoms with E-state index in [-0.39, 0.29) is 17.7 Å². The number of carbonyl (C=O) groups is 2. The Morgan fingerprint density at radius 1 is 1.09 bits per heavy atom. The molecule has 0 spiro atoms. The van der Waals surface area contributed by atoms with Crippen molar-refractivity contribution in [1.29, 1.82) is 0 Å². The minimum absolute atomic E-state index is 0.0104. The van der Waals surface area contributed by atoms with E-state index < -0.39 is 0 Å². The molecule has 0 bridgehead atoms. The second-order valence-electron chi connectivity index (χ2n) is 5.70. The van der Waals surface area contributed by atoms with Crippen LogP contribution >= 0.6 is 0 Å². The lowest BCUT2D eigenvalue weighted by molar-refractivity contribution is 0.0943. The molecule has 5 nitrogen and oxygen atoms in total. The van der Waals surface area contributed by atoms with Gasteiger partial charge in [0.1, 0.15) is 0 Å². The van der Waals surface area contributed by atoms with Crippen LogP contribution in [0.25, 0.3) is 0 Å². The lowest BCUT2D eigenvalue weighted by atomic mass is 10.1. The van der Waals surface area contributed by atoms with E-state index in [2.05, 4.69) is 10.6 Å². The predicted molar refractivity (Wildman–Crippen MR) is 93.2 cm³/mol. The molecule has 0 aliphatic heterocycles. The van der Waals surface area contributed by atoms with Gasteiger partial charge in [0.25, 0.3) is 5.91 Å². The number of nitrogen functional groups attached to an aromatic ring is 1. The van der Waals surface area contributed by atoms with Crippen LogP contribution in [0.5, 0.6) is 0 Å². The topological polar surface area (TPSA) is 84.2 Å². The average molecular weight is 311 g/mol. The van der Waals surface area contributed by atoms with Gasteiger partial charge in [-0.05, 0) is 51.1 Å². The molecule has 0 heterocycles. The Morgan fingerprint density at radius 3 is 2.48 bits per heavy atom. The minimum atomic E-state index is -0.197. The summed E-state index contributed by atoms with van der Waals surface area (Å²) in [7, 11) is 0. The number of benzene rings is 2. The molecule has 4 N–H and O–H groups in total. The van der Waals surface area contributed by atoms with Gasteiger partial charge in [0.15, 0.2) is 5.78 Å². The number of ketones is 1. The van der Waals surface area contributed by atoms with Crippen molar-refractivity contribution in [3.8, 4) is 0 Å². The number of hydrogen-bond acceptors (Lipinski definition) is 4. The van der Waals surface area contributed by atoms with E-state index in [0.29, 0.717) is 22.5 Å². The minimum Gasteiger partial charge on any atom is -0.399 e. The van der Waals surface area contributed by atoms with E-state index in [0.717, 1.165) is 5.69 Å². The number of rotatable bonds is 5. The standard InChI is InChI=1S/C18H21N3O2/c1-11(2)20-18(23)16-10-14(19)7-8-17(16)21-15-6-4-5-13(9-15)12(3)22/h4-11,21H,19H2,1-3H3,(H,20,23). The van der Waals surface area contributed by atoms with Crippen LogP contribution < -0.4 is 16.4 Å². The first-order chi connectivity index (χ1) is 10.9. The first kappa shape index (κ1) is 16.5. The van der Waals surface area contributed by atoms with Crippen LogP contribution in [-0.4, -0.2) is 17.7 Å². The van der Waals surface area contributed by atoms with E-state index >= 15 is 0 Å².